The van der Waals surface area contributed by atoms with Crippen molar-refractivity contribution < 1.29 is 23.5 Å². The fourth-order valence-corrected chi connectivity index (χ4v) is 5.05. The zero-order valence-corrected chi connectivity index (χ0v) is 19.5. The molecule has 1 fully saturated rings. The molecule has 3 atom stereocenters. The molecule has 2 aliphatic rings. The number of esters is 2. The Kier molecular flexibility index (Phi) is 7.06. The van der Waals surface area contributed by atoms with Gasteiger partial charge in [0.25, 0.3) is 0 Å². The van der Waals surface area contributed by atoms with E-state index < -0.39 is 23.7 Å². The predicted molar refractivity (Wildman–Crippen MR) is 121 cm³/mol. The Morgan fingerprint density at radius 1 is 1.27 bits per heavy atom. The van der Waals surface area contributed by atoms with Crippen molar-refractivity contribution in [2.45, 2.75) is 12.5 Å². The number of hydrogen-bond acceptors (Lipinski definition) is 9. The van der Waals surface area contributed by atoms with E-state index in [9.17, 15) is 14.0 Å². The number of hydrogen-bond donors (Lipinski definition) is 2. The van der Waals surface area contributed by atoms with Crippen LogP contribution >= 0.6 is 22.9 Å². The highest BCUT2D eigenvalue weighted by molar-refractivity contribution is 7.11. The van der Waals surface area contributed by atoms with Crippen LogP contribution in [0.25, 0.3) is 0 Å². The lowest BCUT2D eigenvalue weighted by Gasteiger charge is -2.36. The summed E-state index contributed by atoms with van der Waals surface area (Å²) in [7, 11) is 2.61. The number of carbonyl (C=O) groups is 2. The maximum atomic E-state index is 13.8. The number of halogens is 2. The predicted octanol–water partition coefficient (Wildman–Crippen LogP) is 2.85. The van der Waals surface area contributed by atoms with Crippen LogP contribution in [0.4, 0.5) is 4.39 Å². The van der Waals surface area contributed by atoms with Gasteiger partial charge in [-0.2, -0.15) is 0 Å². The molecule has 1 aromatic heterocycles. The van der Waals surface area contributed by atoms with E-state index >= 15 is 0 Å². The first-order valence-electron chi connectivity index (χ1n) is 10.2. The Hall–Kier alpha value is -2.82. The molecule has 0 radical (unpaired) electrons. The van der Waals surface area contributed by atoms with Crippen molar-refractivity contribution in [1.82, 2.24) is 15.6 Å². The molecule has 3 heterocycles. The van der Waals surface area contributed by atoms with Crippen LogP contribution in [-0.4, -0.2) is 50.1 Å². The summed E-state index contributed by atoms with van der Waals surface area (Å²) >= 11 is 7.75. The number of piperidine rings is 1. The Labute approximate surface area is 198 Å². The summed E-state index contributed by atoms with van der Waals surface area (Å²) in [5.41, 5.74) is 1.16. The Balaban J connectivity index is 1.92. The highest BCUT2D eigenvalue weighted by Gasteiger charge is 2.42. The summed E-state index contributed by atoms with van der Waals surface area (Å²) in [4.78, 5) is 34.7. The van der Waals surface area contributed by atoms with Crippen LogP contribution in [0.5, 0.6) is 0 Å². The van der Waals surface area contributed by atoms with E-state index in [0.29, 0.717) is 41.6 Å². The van der Waals surface area contributed by atoms with Gasteiger partial charge in [-0.1, -0.05) is 17.7 Å². The molecule has 2 aliphatic heterocycles. The minimum absolute atomic E-state index is 0.125. The third-order valence-electron chi connectivity index (χ3n) is 5.73. The zero-order chi connectivity index (χ0) is 23.5. The smallest absolute Gasteiger partial charge is 0.338 e. The fourth-order valence-electron chi connectivity index (χ4n) is 4.19. The highest BCUT2D eigenvalue weighted by atomic mass is 35.5. The van der Waals surface area contributed by atoms with Crippen LogP contribution in [0, 0.1) is 17.7 Å². The molecule has 4 rings (SSSR count). The van der Waals surface area contributed by atoms with Gasteiger partial charge < -0.3 is 20.1 Å². The Morgan fingerprint density at radius 3 is 2.76 bits per heavy atom. The molecule has 2 N–H and O–H groups in total. The summed E-state index contributed by atoms with van der Waals surface area (Å²) in [5.74, 6) is -1.99. The van der Waals surface area contributed by atoms with Gasteiger partial charge in [0.05, 0.1) is 25.7 Å². The van der Waals surface area contributed by atoms with Gasteiger partial charge in [-0.05, 0) is 25.1 Å². The second-order valence-electron chi connectivity index (χ2n) is 7.56. The number of thiazole rings is 1. The third-order valence-corrected chi connectivity index (χ3v) is 6.84. The second kappa shape index (κ2) is 9.98. The third kappa shape index (κ3) is 4.64. The normalized spacial score (nSPS) is 22.9. The van der Waals surface area contributed by atoms with E-state index in [0.717, 1.165) is 0 Å². The van der Waals surface area contributed by atoms with Gasteiger partial charge in [0.2, 0.25) is 0 Å². The van der Waals surface area contributed by atoms with Gasteiger partial charge in [0.15, 0.2) is 10.8 Å². The van der Waals surface area contributed by atoms with Crippen LogP contribution in [0.15, 0.2) is 46.0 Å². The molecule has 0 aliphatic carbocycles. The lowest BCUT2D eigenvalue weighted by molar-refractivity contribution is -0.147. The Bertz CT molecular complexity index is 1120. The number of carbonyl (C=O) groups excluding carboxylic acids is 2. The van der Waals surface area contributed by atoms with Crippen molar-refractivity contribution in [2.75, 3.05) is 27.3 Å². The van der Waals surface area contributed by atoms with E-state index in [1.54, 1.807) is 11.6 Å². The SMILES string of the molecule is COC(=O)C1=C(C2CCNCC2C(=O)OC)NC(c2nccs2)=NC1c1ccc(F)cc1Cl. The fraction of sp³-hybridized carbons (Fsp3) is 0.364. The molecule has 1 saturated heterocycles. The maximum Gasteiger partial charge on any atom is 0.338 e. The molecular weight excluding hydrogens is 471 g/mol. The molecule has 8 nitrogen and oxygen atoms in total. The van der Waals surface area contributed by atoms with Gasteiger partial charge in [-0.15, -0.1) is 11.3 Å². The van der Waals surface area contributed by atoms with Crippen LogP contribution in [0.2, 0.25) is 5.02 Å². The molecule has 0 amide bonds. The van der Waals surface area contributed by atoms with E-state index in [2.05, 4.69) is 15.6 Å². The maximum absolute atomic E-state index is 13.8. The number of amidine groups is 1. The largest absolute Gasteiger partial charge is 0.469 e. The van der Waals surface area contributed by atoms with Crippen molar-refractivity contribution in [3.8, 4) is 0 Å². The Morgan fingerprint density at radius 2 is 2.09 bits per heavy atom. The zero-order valence-electron chi connectivity index (χ0n) is 17.9. The molecule has 174 valence electrons. The first-order valence-corrected chi connectivity index (χ1v) is 11.5. The van der Waals surface area contributed by atoms with Crippen LogP contribution in [0.3, 0.4) is 0 Å². The molecule has 0 spiro atoms. The molecule has 0 bridgehead atoms. The molecule has 11 heteroatoms. The lowest BCUT2D eigenvalue weighted by Crippen LogP contribution is -2.47. The van der Waals surface area contributed by atoms with Gasteiger partial charge in [0.1, 0.15) is 11.9 Å². The number of aromatic nitrogens is 1. The molecule has 33 heavy (non-hydrogen) atoms. The monoisotopic (exact) mass is 492 g/mol. The van der Waals surface area contributed by atoms with E-state index in [1.165, 1.54) is 43.8 Å². The average Bonchev–Trinajstić information content (AvgIpc) is 3.37. The molecule has 3 unspecified atom stereocenters. The quantitative estimate of drug-likeness (QED) is 0.619. The van der Waals surface area contributed by atoms with E-state index in [1.807, 2.05) is 0 Å². The van der Waals surface area contributed by atoms with Crippen LogP contribution < -0.4 is 10.6 Å². The number of aliphatic imine (C=N–C) groups is 1. The summed E-state index contributed by atoms with van der Waals surface area (Å²) in [6, 6.07) is 3.05. The minimum Gasteiger partial charge on any atom is -0.469 e. The second-order valence-corrected chi connectivity index (χ2v) is 8.86. The summed E-state index contributed by atoms with van der Waals surface area (Å²) < 4.78 is 23.9. The van der Waals surface area contributed by atoms with Gasteiger partial charge >= 0.3 is 11.9 Å². The van der Waals surface area contributed by atoms with Crippen LogP contribution in [-0.2, 0) is 19.1 Å². The standard InChI is InChI=1S/C22H22ClFN4O4S/c1-31-21(29)14-10-25-6-5-12(14)17-16(22(30)32-2)18(13-4-3-11(24)9-15(13)23)28-19(27-17)20-26-7-8-33-20/h3-4,7-9,12,14,18,25H,5-6,10H2,1-2H3,(H,27,28). The van der Waals surface area contributed by atoms with E-state index in [-0.39, 0.29) is 22.5 Å². The van der Waals surface area contributed by atoms with Crippen molar-refractivity contribution in [1.29, 1.82) is 0 Å². The minimum atomic E-state index is -0.881. The van der Waals surface area contributed by atoms with Crippen molar-refractivity contribution in [3.05, 3.63) is 62.5 Å². The summed E-state index contributed by atoms with van der Waals surface area (Å²) in [5, 5.41) is 8.99. The summed E-state index contributed by atoms with van der Waals surface area (Å²) in [6.45, 7) is 1.03. The number of nitrogens with one attached hydrogen (secondary N) is 2. The van der Waals surface area contributed by atoms with Gasteiger partial charge in [0, 0.05) is 40.3 Å². The van der Waals surface area contributed by atoms with Crippen molar-refractivity contribution in [2.24, 2.45) is 16.8 Å². The highest BCUT2D eigenvalue weighted by Crippen LogP contribution is 2.40. The number of allylic oxidation sites excluding steroid dienone is 1. The number of rotatable bonds is 5. The molecule has 1 aromatic carbocycles. The first kappa shape index (κ1) is 23.3. The van der Waals surface area contributed by atoms with E-state index in [4.69, 9.17) is 26.1 Å². The average molecular weight is 493 g/mol. The topological polar surface area (TPSA) is 102 Å². The molecule has 0 saturated carbocycles. The number of methoxy groups -OCH3 is 2. The molecule has 2 aromatic rings. The number of ether oxygens (including phenoxy) is 2. The first-order chi connectivity index (χ1) is 15.9. The summed E-state index contributed by atoms with van der Waals surface area (Å²) in [6.07, 6.45) is 2.21. The van der Waals surface area contributed by atoms with Crippen molar-refractivity contribution in [3.63, 3.8) is 0 Å². The van der Waals surface area contributed by atoms with Crippen molar-refractivity contribution >= 4 is 40.7 Å². The van der Waals surface area contributed by atoms with Gasteiger partial charge in [-0.3, -0.25) is 9.79 Å². The number of benzene rings is 1. The molecular formula is C22H22ClFN4O4S. The van der Waals surface area contributed by atoms with Crippen LogP contribution in [0.1, 0.15) is 23.0 Å². The number of nitrogens with zero attached hydrogens (tertiary/aromatic N) is 2. The van der Waals surface area contributed by atoms with Gasteiger partial charge in [-0.25, -0.2) is 14.2 Å². The lowest BCUT2D eigenvalue weighted by atomic mass is 9.79.